The zero-order valence-corrected chi connectivity index (χ0v) is 19.0. The molecule has 1 atom stereocenters. The molecule has 0 aliphatic carbocycles. The van der Waals surface area contributed by atoms with E-state index in [0.29, 0.717) is 18.3 Å². The molecule has 31 heavy (non-hydrogen) atoms. The first-order chi connectivity index (χ1) is 15.1. The highest BCUT2D eigenvalue weighted by atomic mass is 16.6. The third kappa shape index (κ3) is 7.93. The Morgan fingerprint density at radius 3 is 2.42 bits per heavy atom. The van der Waals surface area contributed by atoms with Crippen molar-refractivity contribution < 1.29 is 9.36 Å². The zero-order valence-electron chi connectivity index (χ0n) is 19.0. The van der Waals surface area contributed by atoms with E-state index in [2.05, 4.69) is 78.9 Å². The number of rotatable bonds is 13. The van der Waals surface area contributed by atoms with Gasteiger partial charge in [-0.2, -0.15) is 10.5 Å². The molecule has 0 saturated heterocycles. The van der Waals surface area contributed by atoms with Crippen LogP contribution < -0.4 is 5.48 Å². The van der Waals surface area contributed by atoms with Crippen LogP contribution in [0.15, 0.2) is 59.1 Å². The number of hydrogen-bond donors (Lipinski definition) is 1. The van der Waals surface area contributed by atoms with Crippen molar-refractivity contribution in [2.75, 3.05) is 6.61 Å². The first-order valence-corrected chi connectivity index (χ1v) is 11.5. The molecule has 1 heterocycles. The lowest BCUT2D eigenvalue weighted by atomic mass is 10.1. The van der Waals surface area contributed by atoms with Crippen molar-refractivity contribution in [3.63, 3.8) is 0 Å². The molecule has 1 N–H and O–H groups in total. The number of aryl methyl sites for hydroxylation is 2. The Labute approximate surface area is 186 Å². The van der Waals surface area contributed by atoms with Gasteiger partial charge in [-0.25, -0.2) is 0 Å². The summed E-state index contributed by atoms with van der Waals surface area (Å²) in [6, 6.07) is 18.9. The van der Waals surface area contributed by atoms with Crippen LogP contribution in [-0.2, 0) is 17.7 Å². The molecule has 0 amide bonds. The quantitative estimate of drug-likeness (QED) is 0.258. The number of benzene rings is 2. The van der Waals surface area contributed by atoms with Gasteiger partial charge in [0.25, 0.3) is 0 Å². The molecule has 0 bridgehead atoms. The molecule has 5 heteroatoms. The summed E-state index contributed by atoms with van der Waals surface area (Å²) in [7, 11) is 0. The van der Waals surface area contributed by atoms with Crippen LogP contribution in [0.5, 0.6) is 0 Å². The van der Waals surface area contributed by atoms with E-state index in [0.717, 1.165) is 49.1 Å². The average Bonchev–Trinajstić information content (AvgIpc) is 3.25. The minimum atomic E-state index is 0.111. The topological polar surface area (TPSA) is 60.2 Å². The van der Waals surface area contributed by atoms with Gasteiger partial charge in [-0.1, -0.05) is 80.0 Å². The maximum Gasteiger partial charge on any atom is 0.226 e. The maximum atomic E-state index is 5.67. The SMILES string of the molecule is CC(C)CCCc1nc(-c2ccc(C(C)NOCCCCc3ccccc3)cc2)no1. The fourth-order valence-electron chi connectivity index (χ4n) is 3.46. The van der Waals surface area contributed by atoms with E-state index in [9.17, 15) is 0 Å². The Hall–Kier alpha value is -2.50. The molecule has 3 rings (SSSR count). The van der Waals surface area contributed by atoms with Gasteiger partial charge in [-0.15, -0.1) is 0 Å². The van der Waals surface area contributed by atoms with Gasteiger partial charge in [0.1, 0.15) is 0 Å². The lowest BCUT2D eigenvalue weighted by Gasteiger charge is -2.14. The van der Waals surface area contributed by atoms with Crippen molar-refractivity contribution in [2.24, 2.45) is 5.92 Å². The number of unbranched alkanes of at least 4 members (excludes halogenated alkanes) is 1. The monoisotopic (exact) mass is 421 g/mol. The molecular formula is C26H35N3O2. The standard InChI is InChI=1S/C26H35N3O2/c1-20(2)10-9-14-25-27-26(29-31-25)24-17-15-23(16-18-24)21(3)28-30-19-8-7-13-22-11-5-4-6-12-22/h4-6,11-12,15-18,20-21,28H,7-10,13-14,19H2,1-3H3. The van der Waals surface area contributed by atoms with Crippen molar-refractivity contribution >= 4 is 0 Å². The highest BCUT2D eigenvalue weighted by Crippen LogP contribution is 2.20. The van der Waals surface area contributed by atoms with Gasteiger partial charge >= 0.3 is 0 Å². The lowest BCUT2D eigenvalue weighted by molar-refractivity contribution is 0.0176. The van der Waals surface area contributed by atoms with Gasteiger partial charge in [0, 0.05) is 12.0 Å². The molecule has 1 unspecified atom stereocenters. The second-order valence-corrected chi connectivity index (χ2v) is 8.55. The molecule has 5 nitrogen and oxygen atoms in total. The van der Waals surface area contributed by atoms with Gasteiger partial charge < -0.3 is 9.36 Å². The first kappa shape index (κ1) is 23.2. The third-order valence-electron chi connectivity index (χ3n) is 5.37. The summed E-state index contributed by atoms with van der Waals surface area (Å²) < 4.78 is 5.40. The zero-order chi connectivity index (χ0) is 21.9. The Balaban J connectivity index is 1.37. The van der Waals surface area contributed by atoms with Gasteiger partial charge in [0.05, 0.1) is 12.6 Å². The number of nitrogens with zero attached hydrogens (tertiary/aromatic N) is 2. The van der Waals surface area contributed by atoms with E-state index < -0.39 is 0 Å². The van der Waals surface area contributed by atoms with E-state index >= 15 is 0 Å². The highest BCUT2D eigenvalue weighted by molar-refractivity contribution is 5.54. The van der Waals surface area contributed by atoms with E-state index in [-0.39, 0.29) is 6.04 Å². The summed E-state index contributed by atoms with van der Waals surface area (Å²) in [6.45, 7) is 7.26. The summed E-state index contributed by atoms with van der Waals surface area (Å²) in [4.78, 5) is 10.2. The van der Waals surface area contributed by atoms with E-state index in [1.807, 2.05) is 12.1 Å². The van der Waals surface area contributed by atoms with Crippen LogP contribution >= 0.6 is 0 Å². The molecule has 2 aromatic carbocycles. The Morgan fingerprint density at radius 2 is 1.68 bits per heavy atom. The summed E-state index contributed by atoms with van der Waals surface area (Å²) in [6.07, 6.45) is 6.34. The predicted octanol–water partition coefficient (Wildman–Crippen LogP) is 6.32. The third-order valence-corrected chi connectivity index (χ3v) is 5.37. The Bertz CT molecular complexity index is 875. The molecule has 0 saturated carbocycles. The van der Waals surface area contributed by atoms with Crippen molar-refractivity contribution in [1.29, 1.82) is 0 Å². The van der Waals surface area contributed by atoms with Crippen LogP contribution in [0.2, 0.25) is 0 Å². The number of hydrogen-bond acceptors (Lipinski definition) is 5. The fraction of sp³-hybridized carbons (Fsp3) is 0.462. The van der Waals surface area contributed by atoms with Crippen LogP contribution in [0.25, 0.3) is 11.4 Å². The maximum absolute atomic E-state index is 5.67. The molecule has 166 valence electrons. The molecule has 0 aliphatic heterocycles. The summed E-state index contributed by atoms with van der Waals surface area (Å²) >= 11 is 0. The van der Waals surface area contributed by atoms with Gasteiger partial charge in [0.2, 0.25) is 11.7 Å². The summed E-state index contributed by atoms with van der Waals surface area (Å²) in [5.74, 6) is 2.07. The van der Waals surface area contributed by atoms with E-state index in [4.69, 9.17) is 9.36 Å². The molecule has 1 aromatic heterocycles. The Kier molecular flexibility index (Phi) is 9.25. The number of nitrogens with one attached hydrogen (secondary N) is 1. The molecular weight excluding hydrogens is 386 g/mol. The van der Waals surface area contributed by atoms with Gasteiger partial charge in [-0.05, 0) is 49.7 Å². The molecule has 0 spiro atoms. The van der Waals surface area contributed by atoms with Crippen molar-refractivity contribution in [3.8, 4) is 11.4 Å². The van der Waals surface area contributed by atoms with Crippen LogP contribution in [-0.4, -0.2) is 16.7 Å². The number of aromatic nitrogens is 2. The second kappa shape index (κ2) is 12.4. The average molecular weight is 422 g/mol. The minimum Gasteiger partial charge on any atom is -0.339 e. The normalized spacial score (nSPS) is 12.4. The van der Waals surface area contributed by atoms with Crippen molar-refractivity contribution in [3.05, 3.63) is 71.6 Å². The van der Waals surface area contributed by atoms with Gasteiger partial charge in [-0.3, -0.25) is 0 Å². The highest BCUT2D eigenvalue weighted by Gasteiger charge is 2.10. The molecule has 0 fully saturated rings. The van der Waals surface area contributed by atoms with Crippen molar-refractivity contribution in [2.45, 2.75) is 65.3 Å². The van der Waals surface area contributed by atoms with Crippen LogP contribution in [0.4, 0.5) is 0 Å². The minimum absolute atomic E-state index is 0.111. The fourth-order valence-corrected chi connectivity index (χ4v) is 3.46. The summed E-state index contributed by atoms with van der Waals surface area (Å²) in [5, 5.41) is 4.13. The van der Waals surface area contributed by atoms with Crippen LogP contribution in [0, 0.1) is 5.92 Å². The molecule has 3 aromatic rings. The van der Waals surface area contributed by atoms with E-state index in [1.54, 1.807) is 0 Å². The van der Waals surface area contributed by atoms with Crippen LogP contribution in [0.1, 0.15) is 69.5 Å². The lowest BCUT2D eigenvalue weighted by Crippen LogP contribution is -2.19. The molecule has 0 aliphatic rings. The van der Waals surface area contributed by atoms with Gasteiger partial charge in [0.15, 0.2) is 0 Å². The smallest absolute Gasteiger partial charge is 0.226 e. The molecule has 0 radical (unpaired) electrons. The largest absolute Gasteiger partial charge is 0.339 e. The summed E-state index contributed by atoms with van der Waals surface area (Å²) in [5.41, 5.74) is 6.66. The first-order valence-electron chi connectivity index (χ1n) is 11.5. The Morgan fingerprint density at radius 1 is 0.903 bits per heavy atom. The predicted molar refractivity (Wildman–Crippen MR) is 124 cm³/mol. The number of hydroxylamine groups is 1. The van der Waals surface area contributed by atoms with E-state index in [1.165, 1.54) is 12.0 Å². The van der Waals surface area contributed by atoms with Crippen LogP contribution in [0.3, 0.4) is 0 Å². The van der Waals surface area contributed by atoms with Crippen molar-refractivity contribution in [1.82, 2.24) is 15.6 Å². The second-order valence-electron chi connectivity index (χ2n) is 8.55.